The first-order chi connectivity index (χ1) is 9.11. The van der Waals surface area contributed by atoms with Crippen molar-refractivity contribution >= 4 is 17.6 Å². The molecule has 0 saturated carbocycles. The maximum Gasteiger partial charge on any atom is 0.130 e. The predicted octanol–water partition coefficient (Wildman–Crippen LogP) is 3.23. The third kappa shape index (κ3) is 4.39. The van der Waals surface area contributed by atoms with Gasteiger partial charge in [-0.05, 0) is 26.0 Å². The molecule has 3 nitrogen and oxygen atoms in total. The van der Waals surface area contributed by atoms with Crippen molar-refractivity contribution in [2.75, 3.05) is 30.7 Å². The van der Waals surface area contributed by atoms with Gasteiger partial charge in [-0.2, -0.15) is 11.8 Å². The molecule has 1 aromatic heterocycles. The predicted molar refractivity (Wildman–Crippen MR) is 84.8 cm³/mol. The Labute approximate surface area is 121 Å². The van der Waals surface area contributed by atoms with E-state index >= 15 is 0 Å². The van der Waals surface area contributed by atoms with Gasteiger partial charge >= 0.3 is 0 Å². The van der Waals surface area contributed by atoms with Gasteiger partial charge < -0.3 is 5.32 Å². The Hall–Kier alpha value is -0.740. The van der Waals surface area contributed by atoms with Crippen LogP contribution in [-0.2, 0) is 6.54 Å². The van der Waals surface area contributed by atoms with Crippen molar-refractivity contribution in [2.24, 2.45) is 0 Å². The van der Waals surface area contributed by atoms with Gasteiger partial charge in [0.1, 0.15) is 5.82 Å². The zero-order valence-corrected chi connectivity index (χ0v) is 13.1. The van der Waals surface area contributed by atoms with E-state index in [-0.39, 0.29) is 0 Å². The lowest BCUT2D eigenvalue weighted by atomic mass is 10.1. The molecule has 0 radical (unpaired) electrons. The topological polar surface area (TPSA) is 28.2 Å². The molecule has 4 heteroatoms. The highest BCUT2D eigenvalue weighted by Gasteiger charge is 2.23. The number of nitrogens with one attached hydrogen (secondary N) is 1. The van der Waals surface area contributed by atoms with Crippen LogP contribution in [0.25, 0.3) is 0 Å². The summed E-state index contributed by atoms with van der Waals surface area (Å²) in [6.45, 7) is 11.1. The van der Waals surface area contributed by atoms with Crippen molar-refractivity contribution in [1.29, 1.82) is 0 Å². The highest BCUT2D eigenvalue weighted by atomic mass is 32.2. The van der Waals surface area contributed by atoms with Crippen molar-refractivity contribution in [3.63, 3.8) is 0 Å². The Balaban J connectivity index is 2.01. The summed E-state index contributed by atoms with van der Waals surface area (Å²) in [5, 5.41) is 3.35. The van der Waals surface area contributed by atoms with E-state index in [1.807, 2.05) is 12.3 Å². The highest BCUT2D eigenvalue weighted by Crippen LogP contribution is 2.31. The Morgan fingerprint density at radius 3 is 3.05 bits per heavy atom. The molecular weight excluding hydrogens is 254 g/mol. The van der Waals surface area contributed by atoms with E-state index < -0.39 is 0 Å². The molecule has 0 atom stereocenters. The van der Waals surface area contributed by atoms with Gasteiger partial charge in [-0.1, -0.05) is 19.9 Å². The molecule has 2 heterocycles. The van der Waals surface area contributed by atoms with Gasteiger partial charge in [0.2, 0.25) is 0 Å². The number of hydrogen-bond acceptors (Lipinski definition) is 4. The van der Waals surface area contributed by atoms with E-state index in [9.17, 15) is 0 Å². The number of aromatic nitrogens is 1. The zero-order chi connectivity index (χ0) is 13.7. The van der Waals surface area contributed by atoms with Crippen LogP contribution in [0.1, 0.15) is 32.8 Å². The molecule has 106 valence electrons. The number of pyridine rings is 1. The van der Waals surface area contributed by atoms with Gasteiger partial charge in [0, 0.05) is 41.9 Å². The van der Waals surface area contributed by atoms with Crippen LogP contribution < -0.4 is 5.32 Å². The van der Waals surface area contributed by atoms with Crippen LogP contribution in [0.4, 0.5) is 5.82 Å². The number of anilines is 1. The largest absolute Gasteiger partial charge is 0.370 e. The van der Waals surface area contributed by atoms with Crippen LogP contribution >= 0.6 is 11.8 Å². The first-order valence-corrected chi connectivity index (χ1v) is 8.13. The first-order valence-electron chi connectivity index (χ1n) is 7.15. The van der Waals surface area contributed by atoms with Crippen LogP contribution in [0, 0.1) is 0 Å². The van der Waals surface area contributed by atoms with Crippen molar-refractivity contribution in [3.05, 3.63) is 23.9 Å². The highest BCUT2D eigenvalue weighted by molar-refractivity contribution is 8.00. The summed E-state index contributed by atoms with van der Waals surface area (Å²) in [5.74, 6) is 2.27. The second kappa shape index (κ2) is 6.62. The van der Waals surface area contributed by atoms with E-state index in [1.165, 1.54) is 30.8 Å². The van der Waals surface area contributed by atoms with Gasteiger partial charge in [-0.25, -0.2) is 4.98 Å². The Morgan fingerprint density at radius 1 is 1.42 bits per heavy atom. The number of nitrogens with zero attached hydrogens (tertiary/aromatic N) is 2. The normalized spacial score (nSPS) is 19.9. The Kier molecular flexibility index (Phi) is 5.11. The minimum atomic E-state index is 0.425. The van der Waals surface area contributed by atoms with E-state index in [4.69, 9.17) is 0 Å². The average Bonchev–Trinajstić information content (AvgIpc) is 2.54. The van der Waals surface area contributed by atoms with E-state index in [0.717, 1.165) is 18.9 Å². The molecule has 0 unspecified atom stereocenters. The fraction of sp³-hybridized carbons (Fsp3) is 0.667. The minimum absolute atomic E-state index is 0.425. The standard InChI is InChI=1S/C15H25N3S/c1-4-16-14-13(6-5-8-17-14)12-18-9-7-15(2,3)19-11-10-18/h5-6,8H,4,7,9-12H2,1-3H3,(H,16,17). The van der Waals surface area contributed by atoms with Crippen molar-refractivity contribution in [2.45, 2.75) is 38.5 Å². The zero-order valence-electron chi connectivity index (χ0n) is 12.3. The summed E-state index contributed by atoms with van der Waals surface area (Å²) in [4.78, 5) is 7.00. The summed E-state index contributed by atoms with van der Waals surface area (Å²) >= 11 is 2.10. The summed E-state index contributed by atoms with van der Waals surface area (Å²) in [6.07, 6.45) is 3.12. The lowest BCUT2D eigenvalue weighted by Gasteiger charge is -2.23. The number of rotatable bonds is 4. The van der Waals surface area contributed by atoms with Crippen LogP contribution in [0.3, 0.4) is 0 Å². The molecule has 1 aliphatic heterocycles. The molecule has 0 aromatic carbocycles. The molecule has 1 N–H and O–H groups in total. The molecule has 0 aliphatic carbocycles. The number of hydrogen-bond donors (Lipinski definition) is 1. The van der Waals surface area contributed by atoms with E-state index in [2.05, 4.69) is 53.8 Å². The van der Waals surface area contributed by atoms with E-state index in [0.29, 0.717) is 4.75 Å². The third-order valence-corrected chi connectivity index (χ3v) is 4.93. The summed E-state index contributed by atoms with van der Waals surface area (Å²) in [5.41, 5.74) is 1.31. The van der Waals surface area contributed by atoms with Crippen molar-refractivity contribution in [1.82, 2.24) is 9.88 Å². The van der Waals surface area contributed by atoms with E-state index in [1.54, 1.807) is 0 Å². The molecule has 1 aliphatic rings. The fourth-order valence-corrected chi connectivity index (χ4v) is 3.49. The van der Waals surface area contributed by atoms with Gasteiger partial charge in [0.05, 0.1) is 0 Å². The lowest BCUT2D eigenvalue weighted by Crippen LogP contribution is -2.27. The number of thioether (sulfide) groups is 1. The molecule has 1 aromatic rings. The summed E-state index contributed by atoms with van der Waals surface area (Å²) in [7, 11) is 0. The molecule has 0 bridgehead atoms. The quantitative estimate of drug-likeness (QED) is 0.916. The molecule has 2 rings (SSSR count). The van der Waals surface area contributed by atoms with Crippen LogP contribution in [0.15, 0.2) is 18.3 Å². The smallest absolute Gasteiger partial charge is 0.130 e. The average molecular weight is 279 g/mol. The second-order valence-corrected chi connectivity index (χ2v) is 7.48. The molecule has 0 amide bonds. The molecule has 0 spiro atoms. The maximum absolute atomic E-state index is 4.44. The van der Waals surface area contributed by atoms with Crippen molar-refractivity contribution < 1.29 is 0 Å². The van der Waals surface area contributed by atoms with Crippen LogP contribution in [-0.4, -0.2) is 40.0 Å². The first kappa shape index (κ1) is 14.7. The lowest BCUT2D eigenvalue weighted by molar-refractivity contribution is 0.276. The van der Waals surface area contributed by atoms with Gasteiger partial charge in [-0.3, -0.25) is 4.90 Å². The van der Waals surface area contributed by atoms with Gasteiger partial charge in [0.25, 0.3) is 0 Å². The molecule has 1 saturated heterocycles. The van der Waals surface area contributed by atoms with Crippen LogP contribution in [0.2, 0.25) is 0 Å². The molecule has 1 fully saturated rings. The summed E-state index contributed by atoms with van der Waals surface area (Å²) < 4.78 is 0.425. The summed E-state index contributed by atoms with van der Waals surface area (Å²) in [6, 6.07) is 4.22. The van der Waals surface area contributed by atoms with Gasteiger partial charge in [0.15, 0.2) is 0 Å². The minimum Gasteiger partial charge on any atom is -0.370 e. The third-order valence-electron chi connectivity index (χ3n) is 3.56. The Morgan fingerprint density at radius 2 is 2.26 bits per heavy atom. The molecular formula is C15H25N3S. The second-order valence-electron chi connectivity index (χ2n) is 5.68. The fourth-order valence-electron chi connectivity index (χ4n) is 2.35. The van der Waals surface area contributed by atoms with Gasteiger partial charge in [-0.15, -0.1) is 0 Å². The maximum atomic E-state index is 4.44. The SMILES string of the molecule is CCNc1ncccc1CN1CCSC(C)(C)CC1. The van der Waals surface area contributed by atoms with Crippen molar-refractivity contribution in [3.8, 4) is 0 Å². The Bertz CT molecular complexity index is 406. The van der Waals surface area contributed by atoms with Crippen LogP contribution in [0.5, 0.6) is 0 Å². The monoisotopic (exact) mass is 279 g/mol. The molecule has 19 heavy (non-hydrogen) atoms.